The molecule has 1 atom stereocenters. The molecule has 0 saturated heterocycles. The van der Waals surface area contributed by atoms with Gasteiger partial charge >= 0.3 is 0 Å². The van der Waals surface area contributed by atoms with Crippen LogP contribution in [0.25, 0.3) is 0 Å². The Morgan fingerprint density at radius 3 is 2.41 bits per heavy atom. The van der Waals surface area contributed by atoms with Crippen LogP contribution in [0.3, 0.4) is 0 Å². The van der Waals surface area contributed by atoms with E-state index in [0.717, 1.165) is 12.8 Å². The van der Waals surface area contributed by atoms with Crippen molar-refractivity contribution in [2.45, 2.75) is 32.7 Å². The highest BCUT2D eigenvalue weighted by molar-refractivity contribution is 5.50. The summed E-state index contributed by atoms with van der Waals surface area (Å²) in [6, 6.07) is 5.79. The number of rotatable bonds is 6. The summed E-state index contributed by atoms with van der Waals surface area (Å²) in [5.74, 6) is 0. The van der Waals surface area contributed by atoms with E-state index in [9.17, 15) is 15.0 Å². The van der Waals surface area contributed by atoms with Crippen LogP contribution in [0.5, 0.6) is 0 Å². The monoisotopic (exact) mass is 237 g/mol. The number of nitro benzene ring substituents is 1. The van der Waals surface area contributed by atoms with E-state index < -0.39 is 4.92 Å². The highest BCUT2D eigenvalue weighted by atomic mass is 16.6. The lowest BCUT2D eigenvalue weighted by molar-refractivity contribution is -0.384. The van der Waals surface area contributed by atoms with Gasteiger partial charge in [0.1, 0.15) is 0 Å². The van der Waals surface area contributed by atoms with E-state index in [0.29, 0.717) is 5.69 Å². The van der Waals surface area contributed by atoms with E-state index in [1.807, 2.05) is 13.8 Å². The van der Waals surface area contributed by atoms with E-state index in [1.54, 1.807) is 0 Å². The van der Waals surface area contributed by atoms with Crippen LogP contribution < -0.4 is 5.01 Å². The van der Waals surface area contributed by atoms with Crippen molar-refractivity contribution in [3.05, 3.63) is 39.3 Å². The molecule has 0 fully saturated rings. The summed E-state index contributed by atoms with van der Waals surface area (Å²) in [6.07, 6.45) is 1.78. The summed E-state index contributed by atoms with van der Waals surface area (Å²) in [7, 11) is 0. The molecule has 0 aliphatic rings. The Bertz CT molecular complexity index is 391. The van der Waals surface area contributed by atoms with Crippen molar-refractivity contribution in [2.75, 3.05) is 5.01 Å². The summed E-state index contributed by atoms with van der Waals surface area (Å²) in [6.45, 7) is 3.92. The SMILES string of the molecule is CCCC(C)N(N=O)c1ccc([N+](=O)[O-])cc1. The molecule has 1 unspecified atom stereocenters. The Hall–Kier alpha value is -1.98. The second kappa shape index (κ2) is 5.93. The van der Waals surface area contributed by atoms with E-state index in [1.165, 1.54) is 29.3 Å². The standard InChI is InChI=1S/C11H15N3O3/c1-3-4-9(2)13(12-15)10-5-7-11(8-6-10)14(16)17/h5-9H,3-4H2,1-2H3. The molecule has 0 N–H and O–H groups in total. The molecule has 6 heteroatoms. The Labute approximate surface area is 99.3 Å². The quantitative estimate of drug-likeness (QED) is 0.432. The maximum Gasteiger partial charge on any atom is 0.269 e. The van der Waals surface area contributed by atoms with E-state index in [4.69, 9.17) is 0 Å². The maximum absolute atomic E-state index is 10.8. The van der Waals surface area contributed by atoms with Crippen LogP contribution in [-0.4, -0.2) is 11.0 Å². The van der Waals surface area contributed by atoms with E-state index in [2.05, 4.69) is 5.29 Å². The van der Waals surface area contributed by atoms with Gasteiger partial charge in [0.15, 0.2) is 0 Å². The first-order valence-corrected chi connectivity index (χ1v) is 5.47. The van der Waals surface area contributed by atoms with Crippen molar-refractivity contribution in [3.63, 3.8) is 0 Å². The van der Waals surface area contributed by atoms with E-state index >= 15 is 0 Å². The van der Waals surface area contributed by atoms with Crippen LogP contribution in [-0.2, 0) is 0 Å². The molecular formula is C11H15N3O3. The van der Waals surface area contributed by atoms with Crippen LogP contribution in [0.2, 0.25) is 0 Å². The number of nitroso groups, excluding NO2 is 1. The molecular weight excluding hydrogens is 222 g/mol. The predicted molar refractivity (Wildman–Crippen MR) is 65.7 cm³/mol. The third kappa shape index (κ3) is 3.24. The van der Waals surface area contributed by atoms with Crippen molar-refractivity contribution in [3.8, 4) is 0 Å². The Balaban J connectivity index is 2.89. The number of hydrogen-bond acceptors (Lipinski definition) is 4. The molecule has 92 valence electrons. The Morgan fingerprint density at radius 1 is 1.41 bits per heavy atom. The second-order valence-corrected chi connectivity index (χ2v) is 3.84. The highest BCUT2D eigenvalue weighted by Gasteiger charge is 2.15. The van der Waals surface area contributed by atoms with Crippen molar-refractivity contribution in [1.29, 1.82) is 0 Å². The van der Waals surface area contributed by atoms with Gasteiger partial charge in [-0.2, -0.15) is 0 Å². The smallest absolute Gasteiger partial charge is 0.258 e. The van der Waals surface area contributed by atoms with Crippen LogP contribution >= 0.6 is 0 Å². The number of nitrogens with zero attached hydrogens (tertiary/aromatic N) is 3. The molecule has 1 rings (SSSR count). The predicted octanol–water partition coefficient (Wildman–Crippen LogP) is 3.27. The molecule has 1 aromatic carbocycles. The highest BCUT2D eigenvalue weighted by Crippen LogP contribution is 2.22. The zero-order valence-corrected chi connectivity index (χ0v) is 9.87. The molecule has 1 aromatic rings. The van der Waals surface area contributed by atoms with Crippen molar-refractivity contribution in [1.82, 2.24) is 0 Å². The molecule has 0 bridgehead atoms. The molecule has 0 amide bonds. The van der Waals surface area contributed by atoms with Crippen LogP contribution in [0, 0.1) is 15.0 Å². The van der Waals surface area contributed by atoms with Crippen molar-refractivity contribution in [2.24, 2.45) is 5.29 Å². The fraction of sp³-hybridized carbons (Fsp3) is 0.455. The minimum Gasteiger partial charge on any atom is -0.258 e. The first kappa shape index (κ1) is 13.1. The summed E-state index contributed by atoms with van der Waals surface area (Å²) in [5, 5.41) is 14.8. The van der Waals surface area contributed by atoms with Gasteiger partial charge in [-0.3, -0.25) is 10.1 Å². The topological polar surface area (TPSA) is 75.8 Å². The van der Waals surface area contributed by atoms with Gasteiger partial charge in [0, 0.05) is 12.1 Å². The summed E-state index contributed by atoms with van der Waals surface area (Å²) in [4.78, 5) is 20.8. The maximum atomic E-state index is 10.8. The third-order valence-electron chi connectivity index (χ3n) is 2.54. The average Bonchev–Trinajstić information content (AvgIpc) is 2.31. The largest absolute Gasteiger partial charge is 0.269 e. The Morgan fingerprint density at radius 2 is 2.00 bits per heavy atom. The van der Waals surface area contributed by atoms with Gasteiger partial charge in [-0.25, -0.2) is 5.01 Å². The molecule has 0 radical (unpaired) electrons. The van der Waals surface area contributed by atoms with Gasteiger partial charge in [0.05, 0.1) is 21.9 Å². The molecule has 0 heterocycles. The lowest BCUT2D eigenvalue weighted by Gasteiger charge is -2.22. The number of anilines is 1. The van der Waals surface area contributed by atoms with Crippen molar-refractivity contribution >= 4 is 11.4 Å². The Kier molecular flexibility index (Phi) is 4.56. The number of nitro groups is 1. The van der Waals surface area contributed by atoms with Gasteiger partial charge in [-0.1, -0.05) is 13.3 Å². The second-order valence-electron chi connectivity index (χ2n) is 3.84. The fourth-order valence-corrected chi connectivity index (χ4v) is 1.65. The van der Waals surface area contributed by atoms with Crippen LogP contribution in [0.1, 0.15) is 26.7 Å². The fourth-order valence-electron chi connectivity index (χ4n) is 1.65. The number of non-ortho nitro benzene ring substituents is 1. The number of benzene rings is 1. The summed E-state index contributed by atoms with van der Waals surface area (Å²) in [5.41, 5.74) is 0.578. The molecule has 6 nitrogen and oxygen atoms in total. The van der Waals surface area contributed by atoms with Crippen LogP contribution in [0.15, 0.2) is 29.6 Å². The molecule has 0 aromatic heterocycles. The van der Waals surface area contributed by atoms with Gasteiger partial charge in [0.25, 0.3) is 5.69 Å². The minimum atomic E-state index is -0.474. The molecule has 17 heavy (non-hydrogen) atoms. The van der Waals surface area contributed by atoms with Gasteiger partial charge in [-0.05, 0) is 25.5 Å². The zero-order chi connectivity index (χ0) is 12.8. The van der Waals surface area contributed by atoms with Crippen LogP contribution in [0.4, 0.5) is 11.4 Å². The van der Waals surface area contributed by atoms with Gasteiger partial charge in [-0.15, -0.1) is 4.91 Å². The first-order valence-electron chi connectivity index (χ1n) is 5.47. The average molecular weight is 237 g/mol. The summed E-state index contributed by atoms with van der Waals surface area (Å²) >= 11 is 0. The number of hydrogen-bond donors (Lipinski definition) is 0. The zero-order valence-electron chi connectivity index (χ0n) is 9.87. The third-order valence-corrected chi connectivity index (χ3v) is 2.54. The summed E-state index contributed by atoms with van der Waals surface area (Å²) < 4.78 is 0. The molecule has 0 saturated carbocycles. The van der Waals surface area contributed by atoms with Gasteiger partial charge < -0.3 is 0 Å². The first-order chi connectivity index (χ1) is 8.10. The minimum absolute atomic E-state index is 0.00254. The molecule has 0 aliphatic heterocycles. The molecule has 0 spiro atoms. The lowest BCUT2D eigenvalue weighted by Crippen LogP contribution is -2.27. The van der Waals surface area contributed by atoms with E-state index in [-0.39, 0.29) is 11.7 Å². The van der Waals surface area contributed by atoms with Gasteiger partial charge in [0.2, 0.25) is 0 Å². The lowest BCUT2D eigenvalue weighted by atomic mass is 10.1. The normalized spacial score (nSPS) is 11.9. The molecule has 0 aliphatic carbocycles. The van der Waals surface area contributed by atoms with Crippen molar-refractivity contribution < 1.29 is 4.92 Å².